The van der Waals surface area contributed by atoms with Crippen molar-refractivity contribution in [1.82, 2.24) is 4.98 Å². The van der Waals surface area contributed by atoms with E-state index in [4.69, 9.17) is 4.84 Å². The molecule has 5 rings (SSSR count). The van der Waals surface area contributed by atoms with E-state index in [0.717, 1.165) is 16.2 Å². The van der Waals surface area contributed by atoms with Crippen LogP contribution >= 0.6 is 0 Å². The first-order valence-corrected chi connectivity index (χ1v) is 9.62. The van der Waals surface area contributed by atoms with Crippen LogP contribution in [0.4, 0.5) is 15.8 Å². The maximum atomic E-state index is 13.4. The Kier molecular flexibility index (Phi) is 4.33. The van der Waals surface area contributed by atoms with Gasteiger partial charge in [0.25, 0.3) is 5.91 Å². The number of aryl methyl sites for hydroxylation is 1. The largest absolute Gasteiger partial charge is 0.273 e. The number of para-hydroxylation sites is 1. The van der Waals surface area contributed by atoms with Gasteiger partial charge in [0.1, 0.15) is 17.8 Å². The molecule has 2 saturated heterocycles. The zero-order valence-electron chi connectivity index (χ0n) is 16.1. The molecule has 2 fully saturated rings. The summed E-state index contributed by atoms with van der Waals surface area (Å²) in [5, 5.41) is 1.63. The van der Waals surface area contributed by atoms with Gasteiger partial charge in [0, 0.05) is 6.20 Å². The van der Waals surface area contributed by atoms with Gasteiger partial charge in [-0.15, -0.1) is 0 Å². The standard InChI is InChI=1S/C23H18FN3O3/c1-14-6-2-3-8-18(14)27-20(17-7-4-5-13-25-17)19-21(30-27)23(29)26(22(19)28)16-11-9-15(24)10-12-16/h2-13,19-21H,1H3/t19-,20+,21-/m0/s1. The smallest absolute Gasteiger partial charge is 0.266 e. The predicted molar refractivity (Wildman–Crippen MR) is 108 cm³/mol. The average Bonchev–Trinajstić information content (AvgIpc) is 3.26. The summed E-state index contributed by atoms with van der Waals surface area (Å²) in [5.74, 6) is -2.06. The van der Waals surface area contributed by atoms with Gasteiger partial charge < -0.3 is 0 Å². The van der Waals surface area contributed by atoms with Crippen LogP contribution in [0.5, 0.6) is 0 Å². The number of imide groups is 1. The second kappa shape index (κ2) is 7.03. The van der Waals surface area contributed by atoms with Crippen molar-refractivity contribution in [2.24, 2.45) is 5.92 Å². The van der Waals surface area contributed by atoms with Crippen molar-refractivity contribution in [2.75, 3.05) is 9.96 Å². The van der Waals surface area contributed by atoms with Gasteiger partial charge in [0.15, 0.2) is 6.10 Å². The summed E-state index contributed by atoms with van der Waals surface area (Å²) < 4.78 is 13.3. The summed E-state index contributed by atoms with van der Waals surface area (Å²) in [7, 11) is 0. The third kappa shape index (κ3) is 2.78. The van der Waals surface area contributed by atoms with Crippen LogP contribution in [-0.4, -0.2) is 22.9 Å². The Bertz CT molecular complexity index is 1120. The molecule has 2 amide bonds. The molecule has 7 heteroatoms. The van der Waals surface area contributed by atoms with Crippen LogP contribution in [0.15, 0.2) is 72.9 Å². The van der Waals surface area contributed by atoms with Gasteiger partial charge in [-0.05, 0) is 55.0 Å². The van der Waals surface area contributed by atoms with E-state index >= 15 is 0 Å². The number of benzene rings is 2. The van der Waals surface area contributed by atoms with E-state index in [1.54, 1.807) is 17.3 Å². The van der Waals surface area contributed by atoms with Crippen LogP contribution in [0, 0.1) is 18.7 Å². The normalized spacial score (nSPS) is 23.2. The summed E-state index contributed by atoms with van der Waals surface area (Å²) in [6, 6.07) is 17.8. The fourth-order valence-corrected chi connectivity index (χ4v) is 4.13. The molecule has 30 heavy (non-hydrogen) atoms. The van der Waals surface area contributed by atoms with Gasteiger partial charge in [0.2, 0.25) is 5.91 Å². The molecule has 0 saturated carbocycles. The van der Waals surface area contributed by atoms with E-state index in [0.29, 0.717) is 11.4 Å². The van der Waals surface area contributed by atoms with E-state index in [1.807, 2.05) is 43.3 Å². The fourth-order valence-electron chi connectivity index (χ4n) is 4.13. The number of pyridine rings is 1. The Hall–Kier alpha value is -3.58. The molecule has 150 valence electrons. The molecule has 0 N–H and O–H groups in total. The molecule has 2 aromatic carbocycles. The molecule has 0 aliphatic carbocycles. The summed E-state index contributed by atoms with van der Waals surface area (Å²) >= 11 is 0. The number of carbonyl (C=O) groups excluding carboxylic acids is 2. The van der Waals surface area contributed by atoms with Gasteiger partial charge in [0.05, 0.1) is 17.1 Å². The highest BCUT2D eigenvalue weighted by Crippen LogP contribution is 2.47. The zero-order valence-corrected chi connectivity index (χ0v) is 16.1. The minimum absolute atomic E-state index is 0.326. The summed E-state index contributed by atoms with van der Waals surface area (Å²) in [5.41, 5.74) is 2.69. The summed E-state index contributed by atoms with van der Waals surface area (Å²) in [6.07, 6.45) is 0.673. The van der Waals surface area contributed by atoms with Crippen LogP contribution in [0.1, 0.15) is 17.3 Å². The van der Waals surface area contributed by atoms with E-state index in [-0.39, 0.29) is 5.91 Å². The van der Waals surface area contributed by atoms with Crippen molar-refractivity contribution in [1.29, 1.82) is 0 Å². The Labute approximate surface area is 172 Å². The number of nitrogens with zero attached hydrogens (tertiary/aromatic N) is 3. The molecule has 2 aliphatic heterocycles. The van der Waals surface area contributed by atoms with E-state index < -0.39 is 29.8 Å². The van der Waals surface area contributed by atoms with Crippen LogP contribution in [0.3, 0.4) is 0 Å². The monoisotopic (exact) mass is 403 g/mol. The number of rotatable bonds is 3. The van der Waals surface area contributed by atoms with E-state index in [9.17, 15) is 14.0 Å². The van der Waals surface area contributed by atoms with Gasteiger partial charge in [-0.3, -0.25) is 19.4 Å². The molecule has 0 bridgehead atoms. The predicted octanol–water partition coefficient (Wildman–Crippen LogP) is 3.58. The molecule has 3 heterocycles. The third-order valence-electron chi connectivity index (χ3n) is 5.54. The van der Waals surface area contributed by atoms with Gasteiger partial charge in [-0.2, -0.15) is 0 Å². The molecule has 0 unspecified atom stereocenters. The Morgan fingerprint density at radius 1 is 0.933 bits per heavy atom. The average molecular weight is 403 g/mol. The van der Waals surface area contributed by atoms with Crippen molar-refractivity contribution in [3.05, 3.63) is 90.0 Å². The lowest BCUT2D eigenvalue weighted by molar-refractivity contribution is -0.126. The van der Waals surface area contributed by atoms with Crippen molar-refractivity contribution in [3.63, 3.8) is 0 Å². The van der Waals surface area contributed by atoms with Crippen molar-refractivity contribution in [2.45, 2.75) is 19.1 Å². The Morgan fingerprint density at radius 3 is 2.37 bits per heavy atom. The minimum Gasteiger partial charge on any atom is -0.273 e. The zero-order chi connectivity index (χ0) is 20.8. The molecule has 0 radical (unpaired) electrons. The van der Waals surface area contributed by atoms with E-state index in [2.05, 4.69) is 4.98 Å². The lowest BCUT2D eigenvalue weighted by Gasteiger charge is -2.29. The highest BCUT2D eigenvalue weighted by atomic mass is 19.1. The quantitative estimate of drug-likeness (QED) is 0.626. The molecular weight excluding hydrogens is 385 g/mol. The number of amides is 2. The minimum atomic E-state index is -0.978. The number of fused-ring (bicyclic) bond motifs is 1. The number of halogens is 1. The first-order valence-electron chi connectivity index (χ1n) is 9.62. The van der Waals surface area contributed by atoms with Crippen LogP contribution < -0.4 is 9.96 Å². The number of hydrogen-bond donors (Lipinski definition) is 0. The topological polar surface area (TPSA) is 62.7 Å². The van der Waals surface area contributed by atoms with Crippen molar-refractivity contribution in [3.8, 4) is 0 Å². The lowest BCUT2D eigenvalue weighted by atomic mass is 9.93. The molecule has 6 nitrogen and oxygen atoms in total. The number of hydrogen-bond acceptors (Lipinski definition) is 5. The van der Waals surface area contributed by atoms with Gasteiger partial charge in [-0.1, -0.05) is 24.3 Å². The Balaban J connectivity index is 1.59. The maximum Gasteiger partial charge on any atom is 0.266 e. The number of aromatic nitrogens is 1. The number of hydroxylamine groups is 1. The number of carbonyl (C=O) groups is 2. The first kappa shape index (κ1) is 18.4. The highest BCUT2D eigenvalue weighted by Gasteiger charge is 2.60. The molecule has 3 atom stereocenters. The SMILES string of the molecule is Cc1ccccc1N1O[C@@H]2C(=O)N(c3ccc(F)cc3)C(=O)[C@H]2[C@H]1c1ccccn1. The molecular formula is C23H18FN3O3. The summed E-state index contributed by atoms with van der Waals surface area (Å²) in [6.45, 7) is 1.94. The van der Waals surface area contributed by atoms with Gasteiger partial charge in [-0.25, -0.2) is 14.4 Å². The number of anilines is 2. The second-order valence-electron chi connectivity index (χ2n) is 7.35. The molecule has 0 spiro atoms. The van der Waals surface area contributed by atoms with Crippen molar-refractivity contribution < 1.29 is 18.8 Å². The van der Waals surface area contributed by atoms with E-state index in [1.165, 1.54) is 24.3 Å². The van der Waals surface area contributed by atoms with Crippen LogP contribution in [-0.2, 0) is 14.4 Å². The second-order valence-corrected chi connectivity index (χ2v) is 7.35. The molecule has 2 aliphatic rings. The Morgan fingerprint density at radius 2 is 1.67 bits per heavy atom. The summed E-state index contributed by atoms with van der Waals surface area (Å²) in [4.78, 5) is 38.2. The van der Waals surface area contributed by atoms with Crippen LogP contribution in [0.25, 0.3) is 0 Å². The fraction of sp³-hybridized carbons (Fsp3) is 0.174. The van der Waals surface area contributed by atoms with Gasteiger partial charge >= 0.3 is 0 Å². The molecule has 3 aromatic rings. The van der Waals surface area contributed by atoms with Crippen LogP contribution in [0.2, 0.25) is 0 Å². The van der Waals surface area contributed by atoms with Crippen molar-refractivity contribution >= 4 is 23.2 Å². The lowest BCUT2D eigenvalue weighted by Crippen LogP contribution is -2.37. The third-order valence-corrected chi connectivity index (χ3v) is 5.54. The molecule has 1 aromatic heterocycles. The first-order chi connectivity index (χ1) is 14.6. The maximum absolute atomic E-state index is 13.4. The highest BCUT2D eigenvalue weighted by molar-refractivity contribution is 6.23.